The van der Waals surface area contributed by atoms with E-state index in [1.165, 1.54) is 48.3 Å². The van der Waals surface area contributed by atoms with Crippen molar-refractivity contribution in [3.8, 4) is 11.5 Å². The van der Waals surface area contributed by atoms with E-state index in [0.717, 1.165) is 0 Å². The zero-order chi connectivity index (χ0) is 47.8. The number of carbonyl (C=O) groups is 5. The normalized spacial score (nSPS) is 12.1. The van der Waals surface area contributed by atoms with Crippen LogP contribution in [-0.2, 0) is 31.0 Å². The summed E-state index contributed by atoms with van der Waals surface area (Å²) in [5.41, 5.74) is 25.7. The topological polar surface area (TPSA) is 336 Å². The van der Waals surface area contributed by atoms with Crippen molar-refractivity contribution in [1.82, 2.24) is 38.7 Å². The second-order valence-corrected chi connectivity index (χ2v) is 14.6. The van der Waals surface area contributed by atoms with Crippen molar-refractivity contribution < 1.29 is 38.6 Å². The first kappa shape index (κ1) is 46.7. The van der Waals surface area contributed by atoms with Crippen molar-refractivity contribution in [3.05, 3.63) is 101 Å². The summed E-state index contributed by atoms with van der Waals surface area (Å²) in [6.45, 7) is 8.06. The molecule has 0 atom stereocenters. The zero-order valence-corrected chi connectivity index (χ0v) is 36.7. The highest BCUT2D eigenvalue weighted by molar-refractivity contribution is 6.47. The lowest BCUT2D eigenvalue weighted by atomic mass is 10.1. The van der Waals surface area contributed by atoms with Gasteiger partial charge in [-0.15, -0.1) is 0 Å². The fourth-order valence-corrected chi connectivity index (χ4v) is 6.87. The number of allylic oxidation sites excluding steroid dienone is 4. The molecule has 0 saturated carbocycles. The molecule has 6 rings (SSSR count). The molecular weight excluding hydrogens is 855 g/mol. The molecule has 23 heteroatoms. The van der Waals surface area contributed by atoms with Gasteiger partial charge >= 0.3 is 5.97 Å². The molecule has 0 aliphatic heterocycles. The molecule has 0 bridgehead atoms. The van der Waals surface area contributed by atoms with E-state index in [2.05, 4.69) is 30.8 Å². The van der Waals surface area contributed by atoms with Crippen LogP contribution >= 0.6 is 0 Å². The van der Waals surface area contributed by atoms with Crippen molar-refractivity contribution in [1.29, 1.82) is 0 Å². The van der Waals surface area contributed by atoms with Crippen LogP contribution in [0.1, 0.15) is 68.2 Å². The van der Waals surface area contributed by atoms with E-state index in [9.17, 15) is 29.1 Å². The van der Waals surface area contributed by atoms with Gasteiger partial charge in [0.05, 0.1) is 36.1 Å². The van der Waals surface area contributed by atoms with Gasteiger partial charge in [-0.05, 0) is 70.2 Å². The van der Waals surface area contributed by atoms with Crippen LogP contribution in [0, 0.1) is 6.92 Å². The highest BCUT2D eigenvalue weighted by atomic mass is 16.5. The van der Waals surface area contributed by atoms with Crippen molar-refractivity contribution in [3.63, 3.8) is 0 Å². The fourth-order valence-electron chi connectivity index (χ4n) is 6.87. The quantitative estimate of drug-likeness (QED) is 0.0428. The van der Waals surface area contributed by atoms with Gasteiger partial charge in [-0.1, -0.05) is 18.2 Å². The average Bonchev–Trinajstić information content (AvgIpc) is 4.03. The number of carbonyl (C=O) groups excluding carboxylic acids is 4. The van der Waals surface area contributed by atoms with Crippen molar-refractivity contribution in [2.24, 2.45) is 22.2 Å². The summed E-state index contributed by atoms with van der Waals surface area (Å²) in [6.07, 6.45) is 9.73. The number of hydrogen-bond acceptors (Lipinski definition) is 14. The summed E-state index contributed by atoms with van der Waals surface area (Å²) in [7, 11) is 1.42. The van der Waals surface area contributed by atoms with E-state index in [-0.39, 0.29) is 89.1 Å². The first-order valence-corrected chi connectivity index (χ1v) is 20.4. The number of benzene rings is 2. The van der Waals surface area contributed by atoms with Crippen LogP contribution < -0.4 is 43.0 Å². The van der Waals surface area contributed by atoms with Gasteiger partial charge < -0.3 is 46.6 Å². The molecule has 0 radical (unpaired) electrons. The van der Waals surface area contributed by atoms with Crippen molar-refractivity contribution >= 4 is 75.0 Å². The Bertz CT molecular complexity index is 3000. The second-order valence-electron chi connectivity index (χ2n) is 14.6. The van der Waals surface area contributed by atoms with Gasteiger partial charge in [0.2, 0.25) is 23.7 Å². The molecule has 4 aromatic heterocycles. The number of ether oxygens (including phenoxy) is 2. The molecule has 344 valence electrons. The number of aromatic nitrogens is 8. The number of nitrogens with one attached hydrogen (secondary N) is 2. The number of aliphatic imine (C=N–C) groups is 1. The Labute approximate surface area is 376 Å². The van der Waals surface area contributed by atoms with Gasteiger partial charge in [-0.25, -0.2) is 14.8 Å². The number of carboxylic acids is 1. The third-order valence-electron chi connectivity index (χ3n) is 9.74. The zero-order valence-electron chi connectivity index (χ0n) is 36.7. The number of nitrogens with two attached hydrogens (primary N) is 4. The third kappa shape index (κ3) is 10.4. The number of hydrogen-bond donors (Lipinski definition) is 7. The fraction of sp³-hybridized carbons (Fsp3) is 0.256. The van der Waals surface area contributed by atoms with Crippen LogP contribution in [0.5, 0.6) is 11.5 Å². The summed E-state index contributed by atoms with van der Waals surface area (Å²) in [4.78, 5) is 77.2. The number of amides is 4. The summed E-state index contributed by atoms with van der Waals surface area (Å²) >= 11 is 0. The number of aryl methyl sites for hydroxylation is 2. The summed E-state index contributed by atoms with van der Waals surface area (Å²) in [6, 6.07) is 7.55. The molecule has 2 aromatic carbocycles. The standard InChI is InChI=1S/C43H49N15O8/c1-6-48-30(16-23(3)44)39(61)51-42-49-28-18-25(37(46)59)20-32(65-5)35(28)56(42)13-8-9-14-57-36-29(50-43(57)52-40(62)31-17-24(4)53-58(31)7-2)19-26(38(47)60)21-33(36)66-15-11-10-12-55-22-27(45)34(54-55)41(63)64/h8-11,16-22H,6-7,12-15,44-45H2,1-5H3,(H2,46,59)(H2,47,60)(H,63,64)(H,49,51,61)(H,50,52,62)/b9-8+,11-10+,23-16-,48-30?. The molecule has 0 unspecified atom stereocenters. The van der Waals surface area contributed by atoms with Crippen molar-refractivity contribution in [2.75, 3.05) is 36.6 Å². The predicted octanol–water partition coefficient (Wildman–Crippen LogP) is 3.00. The van der Waals surface area contributed by atoms with Crippen LogP contribution in [-0.4, -0.2) is 99.3 Å². The first-order chi connectivity index (χ1) is 31.5. The minimum atomic E-state index is -1.25. The van der Waals surface area contributed by atoms with Gasteiger partial charge in [0.1, 0.15) is 40.5 Å². The Morgan fingerprint density at radius 2 is 1.41 bits per heavy atom. The minimum Gasteiger partial charge on any atom is -0.494 e. The lowest BCUT2D eigenvalue weighted by molar-refractivity contribution is -0.110. The van der Waals surface area contributed by atoms with Gasteiger partial charge in [0.15, 0.2) is 5.69 Å². The number of methoxy groups -OCH3 is 1. The van der Waals surface area contributed by atoms with Gasteiger partial charge in [-0.2, -0.15) is 10.2 Å². The Morgan fingerprint density at radius 1 is 0.818 bits per heavy atom. The lowest BCUT2D eigenvalue weighted by Crippen LogP contribution is -2.24. The first-order valence-electron chi connectivity index (χ1n) is 20.4. The van der Waals surface area contributed by atoms with E-state index in [1.807, 2.05) is 6.92 Å². The molecule has 0 aliphatic rings. The number of aromatic carboxylic acids is 1. The molecule has 0 aliphatic carbocycles. The maximum Gasteiger partial charge on any atom is 0.358 e. The van der Waals surface area contributed by atoms with E-state index < -0.39 is 29.6 Å². The third-order valence-corrected chi connectivity index (χ3v) is 9.74. The number of carboxylic acid groups (broad SMARTS) is 1. The number of imidazole rings is 2. The SMILES string of the molecule is CCN=C(/C=C(/C)N)C(=O)Nc1nc2cc(C(N)=O)cc(OC)c2n1C/C=C/Cn1c(NC(=O)c2cc(C)nn2CC)nc2cc(C(N)=O)cc(OC/C=C/Cn3cc(N)c(C(=O)O)n3)c21. The van der Waals surface area contributed by atoms with Gasteiger partial charge in [0, 0.05) is 49.2 Å². The Morgan fingerprint density at radius 3 is 1.95 bits per heavy atom. The van der Waals surface area contributed by atoms with E-state index in [4.69, 9.17) is 37.4 Å². The number of fused-ring (bicyclic) bond motifs is 2. The molecule has 0 spiro atoms. The number of rotatable bonds is 20. The van der Waals surface area contributed by atoms with Crippen LogP contribution in [0.2, 0.25) is 0 Å². The van der Waals surface area contributed by atoms with E-state index in [0.29, 0.717) is 41.0 Å². The highest BCUT2D eigenvalue weighted by Gasteiger charge is 2.23. The smallest absolute Gasteiger partial charge is 0.358 e. The van der Waals surface area contributed by atoms with Crippen LogP contribution in [0.15, 0.2) is 77.6 Å². The number of primary amides is 2. The van der Waals surface area contributed by atoms with Gasteiger partial charge in [0.25, 0.3) is 11.8 Å². The second kappa shape index (κ2) is 20.2. The largest absolute Gasteiger partial charge is 0.494 e. The summed E-state index contributed by atoms with van der Waals surface area (Å²) in [5.74, 6) is -3.14. The average molecular weight is 904 g/mol. The molecule has 6 aromatic rings. The van der Waals surface area contributed by atoms with Gasteiger partial charge in [-0.3, -0.25) is 44.2 Å². The lowest BCUT2D eigenvalue weighted by Gasteiger charge is -2.13. The summed E-state index contributed by atoms with van der Waals surface area (Å²) in [5, 5.41) is 23.4. The predicted molar refractivity (Wildman–Crippen MR) is 246 cm³/mol. The Balaban J connectivity index is 1.39. The Hall–Kier alpha value is -8.76. The molecule has 4 heterocycles. The number of nitrogens with zero attached hydrogens (tertiary/aromatic N) is 9. The minimum absolute atomic E-state index is 0.0171. The van der Waals surface area contributed by atoms with Crippen LogP contribution in [0.3, 0.4) is 0 Å². The molecule has 0 fully saturated rings. The monoisotopic (exact) mass is 903 g/mol. The van der Waals surface area contributed by atoms with Crippen LogP contribution in [0.25, 0.3) is 22.1 Å². The van der Waals surface area contributed by atoms with E-state index in [1.54, 1.807) is 65.0 Å². The molecule has 11 N–H and O–H groups in total. The molecule has 66 heavy (non-hydrogen) atoms. The van der Waals surface area contributed by atoms with E-state index >= 15 is 0 Å². The highest BCUT2D eigenvalue weighted by Crippen LogP contribution is 2.33. The number of anilines is 3. The van der Waals surface area contributed by atoms with Crippen molar-refractivity contribution in [2.45, 2.75) is 53.9 Å². The number of nitrogen functional groups attached to an aromatic ring is 1. The molecule has 0 saturated heterocycles. The Kier molecular flexibility index (Phi) is 14.3. The molecule has 23 nitrogen and oxygen atoms in total. The van der Waals surface area contributed by atoms with Crippen LogP contribution in [0.4, 0.5) is 17.6 Å². The molecular formula is C43H49N15O8. The maximum absolute atomic E-state index is 13.8. The molecule has 4 amide bonds. The maximum atomic E-state index is 13.8. The summed E-state index contributed by atoms with van der Waals surface area (Å²) < 4.78 is 18.1.